The molecule has 3 amide bonds. The molecule has 2 N–H and O–H groups in total. The van der Waals surface area contributed by atoms with Crippen LogP contribution in [0.3, 0.4) is 0 Å². The Hall–Kier alpha value is -3.69. The Bertz CT molecular complexity index is 1120. The minimum atomic E-state index is -0.477. The Morgan fingerprint density at radius 1 is 1.12 bits per heavy atom. The van der Waals surface area contributed by atoms with Gasteiger partial charge in [-0.1, -0.05) is 6.07 Å². The summed E-state index contributed by atoms with van der Waals surface area (Å²) in [7, 11) is 0. The van der Waals surface area contributed by atoms with Crippen LogP contribution < -0.4 is 10.6 Å². The molecule has 1 saturated heterocycles. The predicted molar refractivity (Wildman–Crippen MR) is 118 cm³/mol. The lowest BCUT2D eigenvalue weighted by atomic mass is 10.1. The summed E-state index contributed by atoms with van der Waals surface area (Å²) in [5.74, 6) is 0.168. The fourth-order valence-corrected chi connectivity index (χ4v) is 3.97. The fourth-order valence-electron chi connectivity index (χ4n) is 3.97. The molecule has 0 aliphatic carbocycles. The van der Waals surface area contributed by atoms with Crippen molar-refractivity contribution in [3.63, 3.8) is 0 Å². The van der Waals surface area contributed by atoms with Crippen LogP contribution in [0.25, 0.3) is 0 Å². The van der Waals surface area contributed by atoms with Crippen molar-refractivity contribution in [2.75, 3.05) is 23.7 Å². The molecule has 3 aromatic rings. The van der Waals surface area contributed by atoms with Gasteiger partial charge in [0.25, 0.3) is 0 Å². The smallest absolute Gasteiger partial charge is 0.324 e. The number of likely N-dealkylation sites (tertiary alicyclic amines) is 1. The van der Waals surface area contributed by atoms with Gasteiger partial charge in [0.1, 0.15) is 18.2 Å². The number of aromatic nitrogens is 4. The predicted octanol–water partition coefficient (Wildman–Crippen LogP) is 3.34. The van der Waals surface area contributed by atoms with Gasteiger partial charge < -0.3 is 10.2 Å². The molecule has 4 rings (SSSR count). The van der Waals surface area contributed by atoms with E-state index in [9.17, 15) is 14.0 Å². The van der Waals surface area contributed by atoms with E-state index < -0.39 is 11.8 Å². The van der Waals surface area contributed by atoms with E-state index in [1.807, 2.05) is 24.8 Å². The first-order valence-corrected chi connectivity index (χ1v) is 10.5. The van der Waals surface area contributed by atoms with Gasteiger partial charge in [-0.05, 0) is 51.0 Å². The Labute approximate surface area is 185 Å². The molecule has 0 radical (unpaired) electrons. The summed E-state index contributed by atoms with van der Waals surface area (Å²) < 4.78 is 16.8. The van der Waals surface area contributed by atoms with Crippen molar-refractivity contribution in [2.45, 2.75) is 39.3 Å². The Kier molecular flexibility index (Phi) is 6.20. The number of carbonyl (C=O) groups excluding carboxylic acids is 2. The number of piperidine rings is 1. The monoisotopic (exact) mass is 439 g/mol. The van der Waals surface area contributed by atoms with Crippen LogP contribution in [0.1, 0.15) is 30.3 Å². The molecule has 0 saturated carbocycles. The van der Waals surface area contributed by atoms with Crippen molar-refractivity contribution in [1.29, 1.82) is 0 Å². The van der Waals surface area contributed by atoms with Crippen molar-refractivity contribution in [2.24, 2.45) is 0 Å². The van der Waals surface area contributed by atoms with Crippen molar-refractivity contribution in [1.82, 2.24) is 24.5 Å². The zero-order valence-corrected chi connectivity index (χ0v) is 18.1. The van der Waals surface area contributed by atoms with Crippen LogP contribution in [0, 0.1) is 19.7 Å². The molecule has 1 aromatic carbocycles. The number of hydrogen-bond acceptors (Lipinski definition) is 4. The lowest BCUT2D eigenvalue weighted by Gasteiger charge is -2.32. The number of anilines is 2. The third-order valence-electron chi connectivity index (χ3n) is 5.55. The number of rotatable bonds is 5. The van der Waals surface area contributed by atoms with Crippen LogP contribution in [0.15, 0.2) is 42.6 Å². The lowest BCUT2D eigenvalue weighted by Crippen LogP contribution is -2.41. The van der Waals surface area contributed by atoms with Gasteiger partial charge in [0.05, 0.1) is 17.9 Å². The molecule has 1 aliphatic rings. The average Bonchev–Trinajstić information content (AvgIpc) is 3.33. The standard InChI is InChI=1S/C22H26FN7O2/c1-15-12-16(2)29(27-15)14-21(31)28-10-7-19(8-11-28)30-20(6-9-24-30)26-22(32)25-18-5-3-4-17(23)13-18/h3-6,9,12-13,19H,7-8,10-11,14H2,1-2H3,(H2,25,26,32). The highest BCUT2D eigenvalue weighted by Gasteiger charge is 2.26. The molecule has 1 aliphatic heterocycles. The number of hydrogen-bond donors (Lipinski definition) is 2. The molecular formula is C22H26FN7O2. The van der Waals surface area contributed by atoms with Gasteiger partial charge in [-0.25, -0.2) is 13.9 Å². The number of nitrogens with zero attached hydrogens (tertiary/aromatic N) is 5. The quantitative estimate of drug-likeness (QED) is 0.637. The Morgan fingerprint density at radius 2 is 1.91 bits per heavy atom. The maximum Gasteiger partial charge on any atom is 0.324 e. The SMILES string of the molecule is Cc1cc(C)n(CC(=O)N2CCC(n3nccc3NC(=O)Nc3cccc(F)c3)CC2)n1. The average molecular weight is 439 g/mol. The Balaban J connectivity index is 1.32. The van der Waals surface area contributed by atoms with Gasteiger partial charge >= 0.3 is 6.03 Å². The number of amides is 3. The van der Waals surface area contributed by atoms with Gasteiger partial charge in [0, 0.05) is 30.5 Å². The van der Waals surface area contributed by atoms with Crippen molar-refractivity contribution < 1.29 is 14.0 Å². The van der Waals surface area contributed by atoms with Crippen LogP contribution in [0.4, 0.5) is 20.7 Å². The summed E-state index contributed by atoms with van der Waals surface area (Å²) >= 11 is 0. The molecule has 9 nitrogen and oxygen atoms in total. The molecule has 0 unspecified atom stereocenters. The van der Waals surface area contributed by atoms with Gasteiger partial charge in [0.15, 0.2) is 0 Å². The highest BCUT2D eigenvalue weighted by atomic mass is 19.1. The summed E-state index contributed by atoms with van der Waals surface area (Å²) in [6.45, 7) is 5.30. The topological polar surface area (TPSA) is 97.1 Å². The van der Waals surface area contributed by atoms with E-state index in [-0.39, 0.29) is 18.5 Å². The molecule has 3 heterocycles. The van der Waals surface area contributed by atoms with Crippen LogP contribution >= 0.6 is 0 Å². The molecule has 2 aromatic heterocycles. The van der Waals surface area contributed by atoms with E-state index in [0.29, 0.717) is 24.6 Å². The van der Waals surface area contributed by atoms with Gasteiger partial charge in [-0.15, -0.1) is 0 Å². The third kappa shape index (κ3) is 4.96. The maximum absolute atomic E-state index is 13.3. The minimum absolute atomic E-state index is 0.0444. The van der Waals surface area contributed by atoms with Crippen LogP contribution in [0.2, 0.25) is 0 Å². The lowest BCUT2D eigenvalue weighted by molar-refractivity contribution is -0.133. The fraction of sp³-hybridized carbons (Fsp3) is 0.364. The molecule has 32 heavy (non-hydrogen) atoms. The molecule has 10 heteroatoms. The van der Waals surface area contributed by atoms with Crippen molar-refractivity contribution in [3.05, 3.63) is 59.8 Å². The molecule has 0 spiro atoms. The Morgan fingerprint density at radius 3 is 2.59 bits per heavy atom. The van der Waals surface area contributed by atoms with Crippen molar-refractivity contribution in [3.8, 4) is 0 Å². The van der Waals surface area contributed by atoms with E-state index in [1.165, 1.54) is 18.2 Å². The highest BCUT2D eigenvalue weighted by molar-refractivity contribution is 5.99. The normalized spacial score (nSPS) is 14.4. The number of carbonyl (C=O) groups is 2. The summed E-state index contributed by atoms with van der Waals surface area (Å²) in [5, 5.41) is 14.1. The summed E-state index contributed by atoms with van der Waals surface area (Å²) in [6, 6.07) is 8.95. The van der Waals surface area contributed by atoms with E-state index in [1.54, 1.807) is 27.7 Å². The summed E-state index contributed by atoms with van der Waals surface area (Å²) in [5.41, 5.74) is 2.23. The zero-order valence-electron chi connectivity index (χ0n) is 18.1. The van der Waals surface area contributed by atoms with Crippen LogP contribution in [-0.4, -0.2) is 49.5 Å². The number of nitrogens with one attached hydrogen (secondary N) is 2. The van der Waals surface area contributed by atoms with E-state index in [0.717, 1.165) is 24.2 Å². The second-order valence-corrected chi connectivity index (χ2v) is 7.95. The van der Waals surface area contributed by atoms with E-state index >= 15 is 0 Å². The first-order chi connectivity index (χ1) is 15.4. The minimum Gasteiger partial charge on any atom is -0.341 e. The largest absolute Gasteiger partial charge is 0.341 e. The third-order valence-corrected chi connectivity index (χ3v) is 5.55. The number of urea groups is 1. The van der Waals surface area contributed by atoms with Crippen LogP contribution in [0.5, 0.6) is 0 Å². The van der Waals surface area contributed by atoms with Gasteiger partial charge in [-0.2, -0.15) is 10.2 Å². The van der Waals surface area contributed by atoms with Crippen LogP contribution in [-0.2, 0) is 11.3 Å². The number of halogens is 1. The molecule has 0 bridgehead atoms. The second-order valence-electron chi connectivity index (χ2n) is 7.95. The highest BCUT2D eigenvalue weighted by Crippen LogP contribution is 2.26. The van der Waals surface area contributed by atoms with E-state index in [2.05, 4.69) is 20.8 Å². The first kappa shape index (κ1) is 21.5. The number of aryl methyl sites for hydroxylation is 2. The second kappa shape index (κ2) is 9.21. The van der Waals surface area contributed by atoms with Crippen molar-refractivity contribution >= 4 is 23.4 Å². The zero-order chi connectivity index (χ0) is 22.7. The maximum atomic E-state index is 13.3. The summed E-state index contributed by atoms with van der Waals surface area (Å²) in [4.78, 5) is 26.9. The first-order valence-electron chi connectivity index (χ1n) is 10.5. The van der Waals surface area contributed by atoms with E-state index in [4.69, 9.17) is 0 Å². The molecule has 1 fully saturated rings. The molecule has 168 valence electrons. The van der Waals surface area contributed by atoms with Gasteiger partial charge in [-0.3, -0.25) is 14.8 Å². The summed E-state index contributed by atoms with van der Waals surface area (Å²) in [6.07, 6.45) is 3.08. The van der Waals surface area contributed by atoms with Gasteiger partial charge in [0.2, 0.25) is 5.91 Å². The molecule has 0 atom stereocenters. The number of benzene rings is 1. The molecular weight excluding hydrogens is 413 g/mol.